The summed E-state index contributed by atoms with van der Waals surface area (Å²) in [6, 6.07) is 12.9. The van der Waals surface area contributed by atoms with E-state index >= 15 is 0 Å². The minimum atomic E-state index is 0.192. The van der Waals surface area contributed by atoms with Gasteiger partial charge in [-0.3, -0.25) is 0 Å². The van der Waals surface area contributed by atoms with E-state index in [2.05, 4.69) is 41.5 Å². The highest BCUT2D eigenvalue weighted by Crippen LogP contribution is 2.40. The van der Waals surface area contributed by atoms with Crippen molar-refractivity contribution in [2.24, 2.45) is 16.7 Å². The lowest BCUT2D eigenvalue weighted by molar-refractivity contribution is 0.164. The first-order chi connectivity index (χ1) is 11.5. The van der Waals surface area contributed by atoms with Crippen LogP contribution in [0.25, 0.3) is 11.1 Å². The van der Waals surface area contributed by atoms with Crippen molar-refractivity contribution in [2.45, 2.75) is 54.4 Å². The second-order valence-corrected chi connectivity index (χ2v) is 9.40. The number of rotatable bonds is 4. The van der Waals surface area contributed by atoms with Crippen molar-refractivity contribution in [2.75, 3.05) is 0 Å². The number of para-hydroxylation sites is 1. The summed E-state index contributed by atoms with van der Waals surface area (Å²) in [6.45, 7) is 13.8. The van der Waals surface area contributed by atoms with Crippen LogP contribution in [0.15, 0.2) is 42.5 Å². The van der Waals surface area contributed by atoms with Gasteiger partial charge in [-0.15, -0.1) is 0 Å². The summed E-state index contributed by atoms with van der Waals surface area (Å²) in [5, 5.41) is 20.4. The van der Waals surface area contributed by atoms with E-state index in [1.165, 1.54) is 5.56 Å². The molecule has 0 bridgehead atoms. The van der Waals surface area contributed by atoms with E-state index in [9.17, 15) is 10.2 Å². The van der Waals surface area contributed by atoms with Gasteiger partial charge in [0.15, 0.2) is 0 Å². The average molecular weight is 341 g/mol. The quantitative estimate of drug-likeness (QED) is 0.675. The van der Waals surface area contributed by atoms with Crippen LogP contribution in [-0.4, -0.2) is 10.2 Å². The number of hydrogen-bond donors (Lipinski definition) is 2. The first-order valence-corrected chi connectivity index (χ1v) is 9.07. The molecule has 0 fully saturated rings. The molecule has 0 amide bonds. The normalized spacial score (nSPS) is 13.7. The Balaban J connectivity index is 2.37. The fourth-order valence-electron chi connectivity index (χ4n) is 3.34. The van der Waals surface area contributed by atoms with Crippen LogP contribution in [0.1, 0.15) is 53.5 Å². The van der Waals surface area contributed by atoms with Gasteiger partial charge in [0.05, 0.1) is 0 Å². The van der Waals surface area contributed by atoms with E-state index in [4.69, 9.17) is 0 Å². The summed E-state index contributed by atoms with van der Waals surface area (Å²) >= 11 is 0. The average Bonchev–Trinajstić information content (AvgIpc) is 2.47. The number of phenolic OH excluding ortho intramolecular Hbond substituents is 2. The van der Waals surface area contributed by atoms with Gasteiger partial charge in [-0.2, -0.15) is 0 Å². The van der Waals surface area contributed by atoms with E-state index in [0.717, 1.165) is 12.8 Å². The molecule has 0 aliphatic rings. The smallest absolute Gasteiger partial charge is 0.123 e. The van der Waals surface area contributed by atoms with Gasteiger partial charge in [-0.25, -0.2) is 0 Å². The largest absolute Gasteiger partial charge is 0.507 e. The maximum absolute atomic E-state index is 10.3. The molecule has 0 spiro atoms. The molecule has 2 aromatic rings. The van der Waals surface area contributed by atoms with Crippen molar-refractivity contribution in [3.8, 4) is 22.6 Å². The highest BCUT2D eigenvalue weighted by Gasteiger charge is 2.29. The van der Waals surface area contributed by atoms with E-state index in [1.54, 1.807) is 18.2 Å². The third-order valence-corrected chi connectivity index (χ3v) is 4.82. The molecule has 0 radical (unpaired) electrons. The predicted molar refractivity (Wildman–Crippen MR) is 106 cm³/mol. The van der Waals surface area contributed by atoms with Crippen molar-refractivity contribution < 1.29 is 10.2 Å². The topological polar surface area (TPSA) is 40.5 Å². The van der Waals surface area contributed by atoms with E-state index in [1.807, 2.05) is 24.3 Å². The van der Waals surface area contributed by atoms with Crippen LogP contribution in [0.5, 0.6) is 11.5 Å². The van der Waals surface area contributed by atoms with Crippen LogP contribution >= 0.6 is 0 Å². The van der Waals surface area contributed by atoms with Crippen LogP contribution in [0.2, 0.25) is 0 Å². The number of aromatic hydroxyl groups is 2. The molecule has 0 aliphatic heterocycles. The molecule has 2 N–H and O–H groups in total. The molecule has 2 nitrogen and oxygen atoms in total. The molecule has 25 heavy (non-hydrogen) atoms. The Morgan fingerprint density at radius 2 is 1.40 bits per heavy atom. The van der Waals surface area contributed by atoms with E-state index in [-0.39, 0.29) is 22.3 Å². The number of benzene rings is 2. The summed E-state index contributed by atoms with van der Waals surface area (Å²) < 4.78 is 0. The van der Waals surface area contributed by atoms with Crippen molar-refractivity contribution in [1.29, 1.82) is 0 Å². The molecule has 136 valence electrons. The Morgan fingerprint density at radius 3 is 1.96 bits per heavy atom. The zero-order valence-electron chi connectivity index (χ0n) is 16.4. The zero-order valence-corrected chi connectivity index (χ0v) is 16.4. The van der Waals surface area contributed by atoms with Crippen LogP contribution in [-0.2, 0) is 6.42 Å². The molecule has 0 aromatic heterocycles. The van der Waals surface area contributed by atoms with E-state index in [0.29, 0.717) is 17.0 Å². The molecular formula is C23H32O2. The molecule has 2 rings (SSSR count). The Labute approximate surface area is 152 Å². The van der Waals surface area contributed by atoms with Gasteiger partial charge in [0.1, 0.15) is 11.5 Å². The first-order valence-electron chi connectivity index (χ1n) is 9.07. The first kappa shape index (κ1) is 19.4. The Kier molecular flexibility index (Phi) is 5.51. The van der Waals surface area contributed by atoms with Gasteiger partial charge in [0, 0.05) is 11.1 Å². The molecule has 0 heterocycles. The second kappa shape index (κ2) is 7.11. The van der Waals surface area contributed by atoms with Gasteiger partial charge < -0.3 is 10.2 Å². The van der Waals surface area contributed by atoms with Crippen LogP contribution in [0, 0.1) is 16.7 Å². The molecule has 0 saturated heterocycles. The highest BCUT2D eigenvalue weighted by atomic mass is 16.3. The minimum Gasteiger partial charge on any atom is -0.507 e. The molecular weight excluding hydrogens is 308 g/mol. The minimum absolute atomic E-state index is 0.192. The van der Waals surface area contributed by atoms with Crippen LogP contribution < -0.4 is 0 Å². The highest BCUT2D eigenvalue weighted by molar-refractivity contribution is 5.75. The molecule has 2 aromatic carbocycles. The van der Waals surface area contributed by atoms with Crippen molar-refractivity contribution in [3.63, 3.8) is 0 Å². The van der Waals surface area contributed by atoms with Gasteiger partial charge in [-0.05, 0) is 53.4 Å². The number of phenols is 2. The Hall–Kier alpha value is -1.96. The third-order valence-electron chi connectivity index (χ3n) is 4.82. The summed E-state index contributed by atoms with van der Waals surface area (Å²) in [7, 11) is 0. The third kappa shape index (κ3) is 5.26. The fraction of sp³-hybridized carbons (Fsp3) is 0.478. The summed E-state index contributed by atoms with van der Waals surface area (Å²) in [5.74, 6) is 0.930. The molecule has 0 aliphatic carbocycles. The monoisotopic (exact) mass is 340 g/mol. The summed E-state index contributed by atoms with van der Waals surface area (Å²) in [4.78, 5) is 0. The maximum Gasteiger partial charge on any atom is 0.123 e. The fourth-order valence-corrected chi connectivity index (χ4v) is 3.34. The number of hydrogen-bond acceptors (Lipinski definition) is 2. The van der Waals surface area contributed by atoms with Gasteiger partial charge in [0.2, 0.25) is 0 Å². The Bertz CT molecular complexity index is 718. The van der Waals surface area contributed by atoms with Crippen LogP contribution in [0.3, 0.4) is 0 Å². The van der Waals surface area contributed by atoms with Crippen molar-refractivity contribution in [1.82, 2.24) is 0 Å². The molecule has 1 unspecified atom stereocenters. The van der Waals surface area contributed by atoms with Crippen molar-refractivity contribution in [3.05, 3.63) is 48.0 Å². The van der Waals surface area contributed by atoms with E-state index < -0.39 is 0 Å². The zero-order chi connectivity index (χ0) is 18.8. The standard InChI is InChI=1S/C23H32O2/c1-22(2,3)15-17(23(4,5)6)13-16-11-12-21(25)19(14-16)18-9-7-8-10-20(18)24/h7-12,14,17,24-25H,13,15H2,1-6H3. The molecule has 1 atom stereocenters. The van der Waals surface area contributed by atoms with Crippen LogP contribution in [0.4, 0.5) is 0 Å². The summed E-state index contributed by atoms with van der Waals surface area (Å²) in [5.41, 5.74) is 3.04. The molecule has 2 heteroatoms. The van der Waals surface area contributed by atoms with Gasteiger partial charge >= 0.3 is 0 Å². The molecule has 0 saturated carbocycles. The second-order valence-electron chi connectivity index (χ2n) is 9.40. The maximum atomic E-state index is 10.3. The lowest BCUT2D eigenvalue weighted by Gasteiger charge is -2.36. The van der Waals surface area contributed by atoms with Crippen molar-refractivity contribution >= 4 is 0 Å². The van der Waals surface area contributed by atoms with Gasteiger partial charge in [-0.1, -0.05) is 65.8 Å². The SMILES string of the molecule is CC(C)(C)CC(Cc1ccc(O)c(-c2ccccc2O)c1)C(C)(C)C. The predicted octanol–water partition coefficient (Wildman–Crippen LogP) is 6.41. The lowest BCUT2D eigenvalue weighted by Crippen LogP contribution is -2.27. The van der Waals surface area contributed by atoms with Gasteiger partial charge in [0.25, 0.3) is 0 Å². The lowest BCUT2D eigenvalue weighted by atomic mass is 9.69. The Morgan fingerprint density at radius 1 is 0.800 bits per heavy atom. The summed E-state index contributed by atoms with van der Waals surface area (Å²) in [6.07, 6.45) is 2.10.